The van der Waals surface area contributed by atoms with Gasteiger partial charge in [-0.1, -0.05) is 18.2 Å². The predicted molar refractivity (Wildman–Crippen MR) is 56.1 cm³/mol. The smallest absolute Gasteiger partial charge is 0.243 e. The number of anilines is 1. The molecule has 0 radical (unpaired) electrons. The summed E-state index contributed by atoms with van der Waals surface area (Å²) >= 11 is 0. The average Bonchev–Trinajstić information content (AvgIpc) is 2.60. The molecule has 2 rings (SSSR count). The van der Waals surface area contributed by atoms with Gasteiger partial charge in [0, 0.05) is 12.2 Å². The van der Waals surface area contributed by atoms with Crippen LogP contribution in [-0.2, 0) is 11.2 Å². The molecular weight excluding hydrogens is 176 g/mol. The lowest BCUT2D eigenvalue weighted by atomic mass is 10.2. The Hall–Kier alpha value is -1.35. The van der Waals surface area contributed by atoms with Crippen molar-refractivity contribution in [1.82, 2.24) is 0 Å². The van der Waals surface area contributed by atoms with Crippen LogP contribution in [0.25, 0.3) is 0 Å². The van der Waals surface area contributed by atoms with Crippen LogP contribution < -0.4 is 10.6 Å². The van der Waals surface area contributed by atoms with Gasteiger partial charge in [0.2, 0.25) is 5.91 Å². The van der Waals surface area contributed by atoms with Gasteiger partial charge < -0.3 is 10.6 Å². The molecule has 1 atom stereocenters. The summed E-state index contributed by atoms with van der Waals surface area (Å²) in [6.45, 7) is 2.49. The van der Waals surface area contributed by atoms with E-state index in [1.54, 1.807) is 11.8 Å². The molecule has 1 aliphatic heterocycles. The van der Waals surface area contributed by atoms with Crippen molar-refractivity contribution in [3.63, 3.8) is 0 Å². The molecule has 0 spiro atoms. The Morgan fingerprint density at radius 3 is 2.93 bits per heavy atom. The van der Waals surface area contributed by atoms with Gasteiger partial charge in [-0.2, -0.15) is 0 Å². The molecule has 1 amide bonds. The van der Waals surface area contributed by atoms with Crippen molar-refractivity contribution < 1.29 is 4.79 Å². The second-order valence-corrected chi connectivity index (χ2v) is 3.66. The lowest BCUT2D eigenvalue weighted by Crippen LogP contribution is -2.41. The third-order valence-electron chi connectivity index (χ3n) is 2.54. The van der Waals surface area contributed by atoms with Gasteiger partial charge in [0.1, 0.15) is 0 Å². The molecule has 14 heavy (non-hydrogen) atoms. The van der Waals surface area contributed by atoms with Crippen molar-refractivity contribution in [3.8, 4) is 0 Å². The lowest BCUT2D eigenvalue weighted by molar-refractivity contribution is -0.119. The van der Waals surface area contributed by atoms with Crippen LogP contribution in [0.3, 0.4) is 0 Å². The number of carbonyl (C=O) groups is 1. The molecule has 74 valence electrons. The number of para-hydroxylation sites is 1. The number of carbonyl (C=O) groups excluding carboxylic acids is 1. The van der Waals surface area contributed by atoms with E-state index in [-0.39, 0.29) is 5.91 Å². The first-order chi connectivity index (χ1) is 6.70. The number of nitrogens with two attached hydrogens (primary N) is 1. The van der Waals surface area contributed by atoms with Crippen molar-refractivity contribution in [2.75, 3.05) is 11.4 Å². The Balaban J connectivity index is 2.30. The molecule has 0 unspecified atom stereocenters. The predicted octanol–water partition coefficient (Wildman–Crippen LogP) is 0.923. The zero-order chi connectivity index (χ0) is 10.1. The molecule has 1 aliphatic rings. The number of benzene rings is 1. The summed E-state index contributed by atoms with van der Waals surface area (Å²) in [5.41, 5.74) is 7.84. The van der Waals surface area contributed by atoms with Gasteiger partial charge in [-0.3, -0.25) is 4.79 Å². The fourth-order valence-electron chi connectivity index (χ4n) is 1.81. The second kappa shape index (κ2) is 3.42. The lowest BCUT2D eigenvalue weighted by Gasteiger charge is -2.19. The second-order valence-electron chi connectivity index (χ2n) is 3.66. The van der Waals surface area contributed by atoms with Gasteiger partial charge in [0.25, 0.3) is 0 Å². The maximum atomic E-state index is 11.7. The zero-order valence-electron chi connectivity index (χ0n) is 8.23. The Morgan fingerprint density at radius 1 is 1.50 bits per heavy atom. The minimum Gasteiger partial charge on any atom is -0.320 e. The van der Waals surface area contributed by atoms with E-state index in [0.29, 0.717) is 0 Å². The fraction of sp³-hybridized carbons (Fsp3) is 0.364. The van der Waals surface area contributed by atoms with Gasteiger partial charge >= 0.3 is 0 Å². The minimum atomic E-state index is -0.416. The molecule has 1 heterocycles. The van der Waals surface area contributed by atoms with E-state index >= 15 is 0 Å². The van der Waals surface area contributed by atoms with Gasteiger partial charge in [-0.25, -0.2) is 0 Å². The van der Waals surface area contributed by atoms with Crippen molar-refractivity contribution in [2.45, 2.75) is 19.4 Å². The maximum absolute atomic E-state index is 11.7. The van der Waals surface area contributed by atoms with Crippen molar-refractivity contribution >= 4 is 11.6 Å². The highest BCUT2D eigenvalue weighted by molar-refractivity contribution is 5.98. The largest absolute Gasteiger partial charge is 0.320 e. The SMILES string of the molecule is C[C@H](N)C(=O)N1CCc2ccccc21. The van der Waals surface area contributed by atoms with Crippen LogP contribution in [0.1, 0.15) is 12.5 Å². The number of hydrogen-bond acceptors (Lipinski definition) is 2. The average molecular weight is 190 g/mol. The molecule has 0 saturated carbocycles. The number of hydrogen-bond donors (Lipinski definition) is 1. The fourth-order valence-corrected chi connectivity index (χ4v) is 1.81. The van der Waals surface area contributed by atoms with Crippen LogP contribution in [0.4, 0.5) is 5.69 Å². The molecule has 2 N–H and O–H groups in total. The molecule has 1 aromatic rings. The molecule has 1 aromatic carbocycles. The van der Waals surface area contributed by atoms with E-state index in [0.717, 1.165) is 18.7 Å². The van der Waals surface area contributed by atoms with E-state index in [9.17, 15) is 4.79 Å². The standard InChI is InChI=1S/C11H14N2O/c1-8(12)11(14)13-7-6-9-4-2-3-5-10(9)13/h2-5,8H,6-7,12H2,1H3/t8-/m0/s1. The Bertz CT molecular complexity index is 360. The first-order valence-corrected chi connectivity index (χ1v) is 4.85. The Kier molecular flexibility index (Phi) is 2.25. The first kappa shape index (κ1) is 9.21. The van der Waals surface area contributed by atoms with Crippen LogP contribution in [-0.4, -0.2) is 18.5 Å². The van der Waals surface area contributed by atoms with Crippen molar-refractivity contribution in [3.05, 3.63) is 29.8 Å². The quantitative estimate of drug-likeness (QED) is 0.716. The third kappa shape index (κ3) is 1.40. The third-order valence-corrected chi connectivity index (χ3v) is 2.54. The highest BCUT2D eigenvalue weighted by Gasteiger charge is 2.25. The molecular formula is C11H14N2O. The number of nitrogens with zero attached hydrogens (tertiary/aromatic N) is 1. The molecule has 0 saturated heterocycles. The van der Waals surface area contributed by atoms with E-state index in [4.69, 9.17) is 5.73 Å². The van der Waals surface area contributed by atoms with Crippen LogP contribution in [0.5, 0.6) is 0 Å². The van der Waals surface area contributed by atoms with E-state index in [1.807, 2.05) is 18.2 Å². The van der Waals surface area contributed by atoms with Crippen LogP contribution in [0.15, 0.2) is 24.3 Å². The normalized spacial score (nSPS) is 16.6. The van der Waals surface area contributed by atoms with Crippen LogP contribution in [0, 0.1) is 0 Å². The molecule has 0 aliphatic carbocycles. The topological polar surface area (TPSA) is 46.3 Å². The Morgan fingerprint density at radius 2 is 2.21 bits per heavy atom. The summed E-state index contributed by atoms with van der Waals surface area (Å²) < 4.78 is 0. The zero-order valence-corrected chi connectivity index (χ0v) is 8.23. The first-order valence-electron chi connectivity index (χ1n) is 4.85. The van der Waals surface area contributed by atoms with E-state index < -0.39 is 6.04 Å². The summed E-state index contributed by atoms with van der Waals surface area (Å²) in [6.07, 6.45) is 0.939. The van der Waals surface area contributed by atoms with Gasteiger partial charge in [-0.05, 0) is 25.0 Å². The number of rotatable bonds is 1. The summed E-state index contributed by atoms with van der Waals surface area (Å²) in [5.74, 6) is 0.00921. The summed E-state index contributed by atoms with van der Waals surface area (Å²) in [7, 11) is 0. The number of amides is 1. The van der Waals surface area contributed by atoms with E-state index in [1.165, 1.54) is 5.56 Å². The molecule has 0 bridgehead atoms. The molecule has 0 fully saturated rings. The molecule has 0 aromatic heterocycles. The van der Waals surface area contributed by atoms with Crippen LogP contribution >= 0.6 is 0 Å². The summed E-state index contributed by atoms with van der Waals surface area (Å²) in [5, 5.41) is 0. The van der Waals surface area contributed by atoms with Crippen molar-refractivity contribution in [1.29, 1.82) is 0 Å². The summed E-state index contributed by atoms with van der Waals surface area (Å²) in [4.78, 5) is 13.5. The van der Waals surface area contributed by atoms with Crippen molar-refractivity contribution in [2.24, 2.45) is 5.73 Å². The molecule has 3 heteroatoms. The van der Waals surface area contributed by atoms with E-state index in [2.05, 4.69) is 6.07 Å². The number of fused-ring (bicyclic) bond motifs is 1. The maximum Gasteiger partial charge on any atom is 0.243 e. The summed E-state index contributed by atoms with van der Waals surface area (Å²) in [6, 6.07) is 7.57. The van der Waals surface area contributed by atoms with Gasteiger partial charge in [0.15, 0.2) is 0 Å². The Labute approximate surface area is 83.5 Å². The minimum absolute atomic E-state index is 0.00921. The van der Waals surface area contributed by atoms with Gasteiger partial charge in [0.05, 0.1) is 6.04 Å². The molecule has 3 nitrogen and oxygen atoms in total. The monoisotopic (exact) mass is 190 g/mol. The van der Waals surface area contributed by atoms with Gasteiger partial charge in [-0.15, -0.1) is 0 Å². The highest BCUT2D eigenvalue weighted by Crippen LogP contribution is 2.27. The van der Waals surface area contributed by atoms with Crippen LogP contribution in [0.2, 0.25) is 0 Å². The highest BCUT2D eigenvalue weighted by atomic mass is 16.2.